The van der Waals surface area contributed by atoms with Crippen molar-refractivity contribution in [3.63, 3.8) is 0 Å². The highest BCUT2D eigenvalue weighted by atomic mass is 32.2. The zero-order chi connectivity index (χ0) is 13.9. The second-order valence-electron chi connectivity index (χ2n) is 5.16. The van der Waals surface area contributed by atoms with Crippen LogP contribution in [0.15, 0.2) is 17.2 Å². The number of piperidine rings is 1. The maximum absolute atomic E-state index is 12.1. The molecule has 1 saturated heterocycles. The van der Waals surface area contributed by atoms with Gasteiger partial charge in [-0.25, -0.2) is 13.1 Å². The second-order valence-corrected chi connectivity index (χ2v) is 6.93. The van der Waals surface area contributed by atoms with Gasteiger partial charge in [-0.05, 0) is 45.0 Å². The van der Waals surface area contributed by atoms with Crippen LogP contribution in [0.4, 0.5) is 0 Å². The van der Waals surface area contributed by atoms with Crippen molar-refractivity contribution < 1.29 is 8.42 Å². The molecule has 1 aromatic rings. The van der Waals surface area contributed by atoms with E-state index in [1.54, 1.807) is 6.07 Å². The molecule has 4 N–H and O–H groups in total. The number of sulfonamides is 1. The molecule has 0 aliphatic carbocycles. The fourth-order valence-corrected chi connectivity index (χ4v) is 3.40. The highest BCUT2D eigenvalue weighted by Crippen LogP contribution is 2.16. The molecule has 1 fully saturated rings. The molecular weight excluding hydrogens is 264 g/mol. The van der Waals surface area contributed by atoms with E-state index in [4.69, 9.17) is 5.73 Å². The minimum absolute atomic E-state index is 0.265. The Hall–Kier alpha value is -0.890. The van der Waals surface area contributed by atoms with Gasteiger partial charge in [-0.2, -0.15) is 0 Å². The fraction of sp³-hybridized carbons (Fsp3) is 0.667. The number of nitrogens with one attached hydrogen (secondary N) is 2. The first-order chi connectivity index (χ1) is 9.01. The Kier molecular flexibility index (Phi) is 4.62. The Morgan fingerprint density at radius 2 is 2.16 bits per heavy atom. The zero-order valence-corrected chi connectivity index (χ0v) is 12.0. The molecule has 19 heavy (non-hydrogen) atoms. The number of likely N-dealkylation sites (tertiary alicyclic amines) is 1. The van der Waals surface area contributed by atoms with Gasteiger partial charge in [0, 0.05) is 25.0 Å². The molecule has 0 amide bonds. The summed E-state index contributed by atoms with van der Waals surface area (Å²) in [5.74, 6) is 0.430. The normalized spacial score (nSPS) is 18.8. The maximum Gasteiger partial charge on any atom is 0.242 e. The summed E-state index contributed by atoms with van der Waals surface area (Å²) in [6.07, 6.45) is 3.57. The number of aromatic amines is 1. The largest absolute Gasteiger partial charge is 0.363 e. The lowest BCUT2D eigenvalue weighted by Crippen LogP contribution is -2.36. The van der Waals surface area contributed by atoms with Gasteiger partial charge in [-0.1, -0.05) is 0 Å². The molecule has 2 rings (SSSR count). The van der Waals surface area contributed by atoms with Crippen LogP contribution < -0.4 is 10.5 Å². The Labute approximate surface area is 114 Å². The molecular formula is C12H22N4O2S. The molecule has 2 heterocycles. The highest BCUT2D eigenvalue weighted by Gasteiger charge is 2.21. The van der Waals surface area contributed by atoms with Crippen LogP contribution in [0.1, 0.15) is 18.5 Å². The van der Waals surface area contributed by atoms with E-state index in [9.17, 15) is 8.42 Å². The molecule has 1 aliphatic heterocycles. The third-order valence-electron chi connectivity index (χ3n) is 3.65. The van der Waals surface area contributed by atoms with Crippen molar-refractivity contribution in [2.75, 3.05) is 26.7 Å². The Morgan fingerprint density at radius 3 is 2.74 bits per heavy atom. The summed E-state index contributed by atoms with van der Waals surface area (Å²) in [4.78, 5) is 5.39. The lowest BCUT2D eigenvalue weighted by Gasteiger charge is -2.28. The monoisotopic (exact) mass is 286 g/mol. The molecule has 6 nitrogen and oxygen atoms in total. The van der Waals surface area contributed by atoms with Gasteiger partial charge in [-0.15, -0.1) is 0 Å². The number of H-pyrrole nitrogens is 1. The van der Waals surface area contributed by atoms with E-state index in [1.165, 1.54) is 6.20 Å². The summed E-state index contributed by atoms with van der Waals surface area (Å²) in [6.45, 7) is 2.89. The van der Waals surface area contributed by atoms with Crippen LogP contribution in [0.3, 0.4) is 0 Å². The molecule has 0 bridgehead atoms. The van der Waals surface area contributed by atoms with E-state index in [0.717, 1.165) is 31.6 Å². The molecule has 0 unspecified atom stereocenters. The van der Waals surface area contributed by atoms with Crippen LogP contribution in [0.2, 0.25) is 0 Å². The van der Waals surface area contributed by atoms with Gasteiger partial charge < -0.3 is 15.6 Å². The zero-order valence-electron chi connectivity index (χ0n) is 11.2. The smallest absolute Gasteiger partial charge is 0.242 e. The number of nitrogens with two attached hydrogens (primary N) is 1. The van der Waals surface area contributed by atoms with Crippen LogP contribution in [0.25, 0.3) is 0 Å². The van der Waals surface area contributed by atoms with Crippen LogP contribution in [0, 0.1) is 5.92 Å². The summed E-state index contributed by atoms with van der Waals surface area (Å²) in [5, 5.41) is 0. The van der Waals surface area contributed by atoms with Crippen molar-refractivity contribution in [2.45, 2.75) is 24.3 Å². The molecule has 108 valence electrons. The van der Waals surface area contributed by atoms with Crippen LogP contribution in [0.5, 0.6) is 0 Å². The summed E-state index contributed by atoms with van der Waals surface area (Å²) >= 11 is 0. The van der Waals surface area contributed by atoms with Gasteiger partial charge in [0.2, 0.25) is 10.0 Å². The molecule has 0 aromatic carbocycles. The van der Waals surface area contributed by atoms with Gasteiger partial charge >= 0.3 is 0 Å². The summed E-state index contributed by atoms with van der Waals surface area (Å²) in [5.41, 5.74) is 6.18. The summed E-state index contributed by atoms with van der Waals surface area (Å²) in [7, 11) is -1.32. The van der Waals surface area contributed by atoms with Crippen molar-refractivity contribution in [3.05, 3.63) is 18.0 Å². The number of hydrogen-bond donors (Lipinski definition) is 3. The van der Waals surface area contributed by atoms with Crippen LogP contribution in [-0.2, 0) is 16.6 Å². The third-order valence-corrected chi connectivity index (χ3v) is 5.05. The van der Waals surface area contributed by atoms with Crippen LogP contribution >= 0.6 is 0 Å². The predicted octanol–water partition coefficient (Wildman–Crippen LogP) is 0.0935. The molecule has 0 spiro atoms. The standard InChI is InChI=1S/C12H22N4O2S/c1-16-4-2-10(3-5-16)8-15-19(17,18)12-6-11(7-13)14-9-12/h6,9-10,14-15H,2-5,7-8,13H2,1H3. The van der Waals surface area contributed by atoms with E-state index >= 15 is 0 Å². The van der Waals surface area contributed by atoms with Crippen molar-refractivity contribution in [2.24, 2.45) is 11.7 Å². The second kappa shape index (κ2) is 6.04. The first-order valence-corrected chi connectivity index (χ1v) is 8.05. The molecule has 1 aromatic heterocycles. The fourth-order valence-electron chi connectivity index (χ4n) is 2.27. The highest BCUT2D eigenvalue weighted by molar-refractivity contribution is 7.89. The number of hydrogen-bond acceptors (Lipinski definition) is 4. The summed E-state index contributed by atoms with van der Waals surface area (Å²) in [6, 6.07) is 1.58. The van der Waals surface area contributed by atoms with Crippen molar-refractivity contribution >= 4 is 10.0 Å². The van der Waals surface area contributed by atoms with Crippen molar-refractivity contribution in [3.8, 4) is 0 Å². The first-order valence-electron chi connectivity index (χ1n) is 6.57. The Bertz CT molecular complexity index is 504. The van der Waals surface area contributed by atoms with Crippen molar-refractivity contribution in [1.82, 2.24) is 14.6 Å². The van der Waals surface area contributed by atoms with Crippen molar-refractivity contribution in [1.29, 1.82) is 0 Å². The lowest BCUT2D eigenvalue weighted by molar-refractivity contribution is 0.220. The van der Waals surface area contributed by atoms with E-state index < -0.39 is 10.0 Å². The van der Waals surface area contributed by atoms with E-state index in [2.05, 4.69) is 21.7 Å². The minimum atomic E-state index is -3.41. The number of rotatable bonds is 5. The van der Waals surface area contributed by atoms with Gasteiger partial charge in [0.1, 0.15) is 0 Å². The lowest BCUT2D eigenvalue weighted by atomic mass is 9.98. The van der Waals surface area contributed by atoms with E-state index in [0.29, 0.717) is 19.0 Å². The maximum atomic E-state index is 12.1. The molecule has 0 radical (unpaired) electrons. The SMILES string of the molecule is CN1CCC(CNS(=O)(=O)c2c[nH]c(CN)c2)CC1. The average molecular weight is 286 g/mol. The molecule has 1 aliphatic rings. The van der Waals surface area contributed by atoms with Gasteiger partial charge in [-0.3, -0.25) is 0 Å². The third kappa shape index (κ3) is 3.79. The molecule has 0 saturated carbocycles. The Morgan fingerprint density at radius 1 is 1.47 bits per heavy atom. The molecule has 0 atom stereocenters. The summed E-state index contributed by atoms with van der Waals surface area (Å²) < 4.78 is 26.9. The van der Waals surface area contributed by atoms with Gasteiger partial charge in [0.25, 0.3) is 0 Å². The average Bonchev–Trinajstić information content (AvgIpc) is 2.88. The Balaban J connectivity index is 1.90. The van der Waals surface area contributed by atoms with E-state index in [-0.39, 0.29) is 4.90 Å². The minimum Gasteiger partial charge on any atom is -0.363 e. The van der Waals surface area contributed by atoms with Crippen LogP contribution in [-0.4, -0.2) is 45.0 Å². The topological polar surface area (TPSA) is 91.2 Å². The van der Waals surface area contributed by atoms with Gasteiger partial charge in [0.05, 0.1) is 4.90 Å². The molecule has 7 heteroatoms. The first kappa shape index (κ1) is 14.5. The van der Waals surface area contributed by atoms with Gasteiger partial charge in [0.15, 0.2) is 0 Å². The van der Waals surface area contributed by atoms with E-state index in [1.807, 2.05) is 0 Å². The number of nitrogens with zero attached hydrogens (tertiary/aromatic N) is 1. The number of aromatic nitrogens is 1. The quantitative estimate of drug-likeness (QED) is 0.715. The predicted molar refractivity (Wildman–Crippen MR) is 74.1 cm³/mol.